The van der Waals surface area contributed by atoms with Gasteiger partial charge < -0.3 is 9.84 Å². The maximum absolute atomic E-state index is 11.9. The maximum atomic E-state index is 11.9. The van der Waals surface area contributed by atoms with Gasteiger partial charge in [0.2, 0.25) is 5.78 Å². The second-order valence-corrected chi connectivity index (χ2v) is 4.69. The lowest BCUT2D eigenvalue weighted by atomic mass is 9.86. The average Bonchev–Trinajstić information content (AvgIpc) is 2.48. The Kier molecular flexibility index (Phi) is 4.15. The molecule has 0 radical (unpaired) electrons. The zero-order valence-electron chi connectivity index (χ0n) is 11.4. The normalized spacial score (nSPS) is 18.1. The van der Waals surface area contributed by atoms with Crippen molar-refractivity contribution in [3.05, 3.63) is 59.4 Å². The van der Waals surface area contributed by atoms with Crippen LogP contribution in [0.25, 0.3) is 0 Å². The summed E-state index contributed by atoms with van der Waals surface area (Å²) in [6, 6.07) is 9.36. The topological polar surface area (TPSA) is 63.6 Å². The van der Waals surface area contributed by atoms with Gasteiger partial charge >= 0.3 is 0 Å². The quantitative estimate of drug-likeness (QED) is 0.848. The molecule has 0 bridgehead atoms. The number of aliphatic hydroxyl groups excluding tert-OH is 1. The number of carbonyl (C=O) groups excluding carboxylic acids is 2. The fraction of sp³-hybridized carbons (Fsp3) is 0.250. The predicted molar refractivity (Wildman–Crippen MR) is 74.1 cm³/mol. The van der Waals surface area contributed by atoms with E-state index in [1.807, 2.05) is 37.3 Å². The number of hydrogen-bond donors (Lipinski definition) is 1. The lowest BCUT2D eigenvalue weighted by Gasteiger charge is -2.22. The first kappa shape index (κ1) is 14.2. The van der Waals surface area contributed by atoms with Gasteiger partial charge in [-0.3, -0.25) is 9.59 Å². The highest BCUT2D eigenvalue weighted by atomic mass is 16.5. The van der Waals surface area contributed by atoms with E-state index in [9.17, 15) is 14.7 Å². The van der Waals surface area contributed by atoms with Crippen molar-refractivity contribution in [1.29, 1.82) is 0 Å². The fourth-order valence-electron chi connectivity index (χ4n) is 2.16. The lowest BCUT2D eigenvalue weighted by Crippen LogP contribution is -2.27. The van der Waals surface area contributed by atoms with Crippen molar-refractivity contribution in [2.45, 2.75) is 18.9 Å². The van der Waals surface area contributed by atoms with Gasteiger partial charge in [0.05, 0.1) is 13.2 Å². The summed E-state index contributed by atoms with van der Waals surface area (Å²) in [6.45, 7) is 1.81. The van der Waals surface area contributed by atoms with Crippen LogP contribution in [0, 0.1) is 0 Å². The first-order valence-electron chi connectivity index (χ1n) is 6.33. The van der Waals surface area contributed by atoms with E-state index in [2.05, 4.69) is 0 Å². The molecule has 0 saturated heterocycles. The second-order valence-electron chi connectivity index (χ2n) is 4.69. The summed E-state index contributed by atoms with van der Waals surface area (Å²) >= 11 is 0. The SMILES string of the molecule is COC1=CC(=O)C(C(O)C(C)c2ccccc2)=CC1=O. The standard InChI is InChI=1S/C16H16O4/c1-10(11-6-4-3-5-7-11)16(19)12-8-14(18)15(20-2)9-13(12)17/h3-10,16,19H,1-2H3. The average molecular weight is 272 g/mol. The minimum atomic E-state index is -1.02. The molecule has 0 amide bonds. The number of hydrogen-bond acceptors (Lipinski definition) is 4. The first-order chi connectivity index (χ1) is 9.54. The van der Waals surface area contributed by atoms with Crippen LogP contribution in [0.3, 0.4) is 0 Å². The van der Waals surface area contributed by atoms with Gasteiger partial charge in [-0.1, -0.05) is 37.3 Å². The van der Waals surface area contributed by atoms with Gasteiger partial charge in [0.25, 0.3) is 0 Å². The van der Waals surface area contributed by atoms with Gasteiger partial charge in [-0.15, -0.1) is 0 Å². The molecule has 1 aromatic carbocycles. The third-order valence-electron chi connectivity index (χ3n) is 3.41. The summed E-state index contributed by atoms with van der Waals surface area (Å²) in [7, 11) is 1.33. The van der Waals surface area contributed by atoms with Gasteiger partial charge in [0.1, 0.15) is 0 Å². The van der Waals surface area contributed by atoms with E-state index < -0.39 is 17.7 Å². The van der Waals surface area contributed by atoms with Crippen molar-refractivity contribution >= 4 is 11.6 Å². The highest BCUT2D eigenvalue weighted by Crippen LogP contribution is 2.26. The molecule has 2 unspecified atom stereocenters. The van der Waals surface area contributed by atoms with Crippen LogP contribution < -0.4 is 0 Å². The summed E-state index contributed by atoms with van der Waals surface area (Å²) in [4.78, 5) is 23.7. The van der Waals surface area contributed by atoms with Crippen LogP contribution in [0.4, 0.5) is 0 Å². The molecule has 0 heterocycles. The molecule has 1 aromatic rings. The number of ketones is 2. The summed E-state index contributed by atoms with van der Waals surface area (Å²) < 4.78 is 4.81. The molecule has 0 aromatic heterocycles. The number of aliphatic hydroxyl groups is 1. The van der Waals surface area contributed by atoms with Gasteiger partial charge in [0, 0.05) is 17.6 Å². The first-order valence-corrected chi connectivity index (χ1v) is 6.33. The van der Waals surface area contributed by atoms with Crippen molar-refractivity contribution in [1.82, 2.24) is 0 Å². The molecule has 0 aliphatic heterocycles. The number of ether oxygens (including phenoxy) is 1. The molecule has 0 saturated carbocycles. The molecule has 2 rings (SSSR count). The Morgan fingerprint density at radius 1 is 1.05 bits per heavy atom. The third-order valence-corrected chi connectivity index (χ3v) is 3.41. The molecule has 20 heavy (non-hydrogen) atoms. The number of methoxy groups -OCH3 is 1. The van der Waals surface area contributed by atoms with Crippen molar-refractivity contribution in [2.75, 3.05) is 7.11 Å². The van der Waals surface area contributed by atoms with E-state index in [0.717, 1.165) is 17.7 Å². The summed E-state index contributed by atoms with van der Waals surface area (Å²) in [5.41, 5.74) is 1.01. The summed E-state index contributed by atoms with van der Waals surface area (Å²) in [5.74, 6) is -1.08. The van der Waals surface area contributed by atoms with Crippen LogP contribution in [0.1, 0.15) is 18.4 Å². The van der Waals surface area contributed by atoms with E-state index in [0.29, 0.717) is 0 Å². The summed E-state index contributed by atoms with van der Waals surface area (Å²) in [6.07, 6.45) is 1.26. The van der Waals surface area contributed by atoms with Gasteiger partial charge in [-0.25, -0.2) is 0 Å². The Hall–Kier alpha value is -2.20. The Morgan fingerprint density at radius 3 is 2.30 bits per heavy atom. The largest absolute Gasteiger partial charge is 0.493 e. The smallest absolute Gasteiger partial charge is 0.221 e. The van der Waals surface area contributed by atoms with Crippen LogP contribution in [0.15, 0.2) is 53.8 Å². The van der Waals surface area contributed by atoms with Gasteiger partial charge in [-0.2, -0.15) is 0 Å². The van der Waals surface area contributed by atoms with Gasteiger partial charge in [0.15, 0.2) is 11.5 Å². The highest BCUT2D eigenvalue weighted by Gasteiger charge is 2.29. The van der Waals surface area contributed by atoms with Crippen molar-refractivity contribution in [3.8, 4) is 0 Å². The fourth-order valence-corrected chi connectivity index (χ4v) is 2.16. The molecule has 4 nitrogen and oxygen atoms in total. The summed E-state index contributed by atoms with van der Waals surface area (Å²) in [5, 5.41) is 10.3. The van der Waals surface area contributed by atoms with Crippen LogP contribution in [-0.2, 0) is 14.3 Å². The number of carbonyl (C=O) groups is 2. The van der Waals surface area contributed by atoms with E-state index in [4.69, 9.17) is 4.74 Å². The highest BCUT2D eigenvalue weighted by molar-refractivity contribution is 6.19. The minimum Gasteiger partial charge on any atom is -0.493 e. The Morgan fingerprint density at radius 2 is 1.70 bits per heavy atom. The molecule has 0 fully saturated rings. The Balaban J connectivity index is 2.24. The predicted octanol–water partition coefficient (Wildman–Crippen LogP) is 1.76. The van der Waals surface area contributed by atoms with Crippen molar-refractivity contribution in [3.63, 3.8) is 0 Å². The van der Waals surface area contributed by atoms with Crippen LogP contribution in [-0.4, -0.2) is 29.9 Å². The molecule has 2 atom stereocenters. The van der Waals surface area contributed by atoms with E-state index >= 15 is 0 Å². The third kappa shape index (κ3) is 2.70. The zero-order chi connectivity index (χ0) is 14.7. The maximum Gasteiger partial charge on any atom is 0.221 e. The van der Waals surface area contributed by atoms with Crippen molar-refractivity contribution in [2.24, 2.45) is 0 Å². The molecule has 0 spiro atoms. The lowest BCUT2D eigenvalue weighted by molar-refractivity contribution is -0.118. The number of allylic oxidation sites excluding steroid dienone is 2. The monoisotopic (exact) mass is 272 g/mol. The molecule has 1 aliphatic rings. The number of benzene rings is 1. The zero-order valence-corrected chi connectivity index (χ0v) is 11.4. The molecular weight excluding hydrogens is 256 g/mol. The minimum absolute atomic E-state index is 0.00156. The van der Waals surface area contributed by atoms with Crippen LogP contribution >= 0.6 is 0 Å². The molecule has 104 valence electrons. The van der Waals surface area contributed by atoms with E-state index in [1.54, 1.807) is 0 Å². The Labute approximate surface area is 117 Å². The van der Waals surface area contributed by atoms with Crippen LogP contribution in [0.5, 0.6) is 0 Å². The van der Waals surface area contributed by atoms with Gasteiger partial charge in [-0.05, 0) is 11.6 Å². The molecule has 1 N–H and O–H groups in total. The van der Waals surface area contributed by atoms with E-state index in [-0.39, 0.29) is 17.3 Å². The molecular formula is C16H16O4. The number of rotatable bonds is 4. The second kappa shape index (κ2) is 5.84. The molecule has 4 heteroatoms. The Bertz CT molecular complexity index is 584. The molecule has 1 aliphatic carbocycles. The van der Waals surface area contributed by atoms with E-state index in [1.165, 1.54) is 7.11 Å². The van der Waals surface area contributed by atoms with Crippen LogP contribution in [0.2, 0.25) is 0 Å². The van der Waals surface area contributed by atoms with Crippen molar-refractivity contribution < 1.29 is 19.4 Å².